The van der Waals surface area contributed by atoms with Crippen LogP contribution in [0.3, 0.4) is 0 Å². The molecule has 0 aromatic heterocycles. The summed E-state index contributed by atoms with van der Waals surface area (Å²) in [5.74, 6) is 3.26. The summed E-state index contributed by atoms with van der Waals surface area (Å²) in [5, 5.41) is 11.1. The fourth-order valence-electron chi connectivity index (χ4n) is 3.47. The van der Waals surface area contributed by atoms with Crippen LogP contribution in [0.2, 0.25) is 0 Å². The summed E-state index contributed by atoms with van der Waals surface area (Å²) >= 11 is 0. The van der Waals surface area contributed by atoms with E-state index in [1.165, 1.54) is 0 Å². The van der Waals surface area contributed by atoms with Crippen LogP contribution in [-0.4, -0.2) is 37.5 Å². The molecular weight excluding hydrogens is 326 g/mol. The average Bonchev–Trinajstić information content (AvgIpc) is 2.67. The van der Waals surface area contributed by atoms with E-state index in [1.54, 1.807) is 31.4 Å². The number of nitrogens with zero attached hydrogens (tertiary/aromatic N) is 1. The van der Waals surface area contributed by atoms with Crippen molar-refractivity contribution in [1.82, 2.24) is 0 Å². The summed E-state index contributed by atoms with van der Waals surface area (Å²) in [6.45, 7) is 5.86. The fraction of sp³-hybridized carbons (Fsp3) is 0.364. The standard InChI is InChI=1S/C22H25NO3/c1-5-22(24,19-8-12-21(25-4)13-9-19)18-6-10-20(11-7-18)23-14-16(2)26-17(3)15-23/h1,6-13,16-17,24H,14-15H2,2-4H3/t16-,17+,22?. The molecule has 1 heterocycles. The van der Waals surface area contributed by atoms with Crippen molar-refractivity contribution >= 4 is 5.69 Å². The molecule has 3 rings (SSSR count). The van der Waals surface area contributed by atoms with Crippen LogP contribution in [0.1, 0.15) is 25.0 Å². The van der Waals surface area contributed by atoms with E-state index in [0.717, 1.165) is 24.5 Å². The Labute approximate surface area is 155 Å². The lowest BCUT2D eigenvalue weighted by Gasteiger charge is -2.37. The van der Waals surface area contributed by atoms with Gasteiger partial charge in [-0.1, -0.05) is 30.2 Å². The first-order valence-electron chi connectivity index (χ1n) is 8.82. The molecule has 1 saturated heterocycles. The lowest BCUT2D eigenvalue weighted by atomic mass is 9.87. The Morgan fingerprint density at radius 3 is 2.00 bits per heavy atom. The van der Waals surface area contributed by atoms with E-state index in [0.29, 0.717) is 11.1 Å². The van der Waals surface area contributed by atoms with Crippen LogP contribution in [0.15, 0.2) is 48.5 Å². The fourth-order valence-corrected chi connectivity index (χ4v) is 3.47. The summed E-state index contributed by atoms with van der Waals surface area (Å²) in [7, 11) is 1.61. The van der Waals surface area contributed by atoms with Crippen molar-refractivity contribution in [2.45, 2.75) is 31.7 Å². The highest BCUT2D eigenvalue weighted by atomic mass is 16.5. The van der Waals surface area contributed by atoms with Gasteiger partial charge in [-0.15, -0.1) is 6.42 Å². The van der Waals surface area contributed by atoms with Gasteiger partial charge in [0.25, 0.3) is 0 Å². The molecule has 1 aliphatic heterocycles. The molecule has 1 unspecified atom stereocenters. The summed E-state index contributed by atoms with van der Waals surface area (Å²) in [5.41, 5.74) is 0.937. The second-order valence-corrected chi connectivity index (χ2v) is 6.79. The van der Waals surface area contributed by atoms with Gasteiger partial charge in [0.05, 0.1) is 19.3 Å². The van der Waals surface area contributed by atoms with E-state index in [4.69, 9.17) is 15.9 Å². The molecule has 1 N–H and O–H groups in total. The molecule has 136 valence electrons. The Morgan fingerprint density at radius 1 is 1.04 bits per heavy atom. The number of terminal acetylenes is 1. The van der Waals surface area contributed by atoms with Crippen molar-refractivity contribution in [2.24, 2.45) is 0 Å². The first-order chi connectivity index (χ1) is 12.5. The molecule has 1 aliphatic rings. The van der Waals surface area contributed by atoms with Crippen molar-refractivity contribution in [3.05, 3.63) is 59.7 Å². The van der Waals surface area contributed by atoms with Crippen molar-refractivity contribution < 1.29 is 14.6 Å². The van der Waals surface area contributed by atoms with E-state index in [2.05, 4.69) is 24.7 Å². The normalized spacial score (nSPS) is 22.3. The topological polar surface area (TPSA) is 41.9 Å². The number of ether oxygens (including phenoxy) is 2. The van der Waals surface area contributed by atoms with E-state index in [9.17, 15) is 5.11 Å². The van der Waals surface area contributed by atoms with E-state index in [-0.39, 0.29) is 12.2 Å². The molecule has 2 aromatic rings. The highest BCUT2D eigenvalue weighted by Gasteiger charge is 2.30. The van der Waals surface area contributed by atoms with Gasteiger partial charge in [0.15, 0.2) is 5.60 Å². The second-order valence-electron chi connectivity index (χ2n) is 6.79. The molecule has 4 nitrogen and oxygen atoms in total. The van der Waals surface area contributed by atoms with Crippen LogP contribution in [0.5, 0.6) is 5.75 Å². The maximum atomic E-state index is 11.1. The third-order valence-electron chi connectivity index (χ3n) is 4.79. The molecule has 1 fully saturated rings. The van der Waals surface area contributed by atoms with Gasteiger partial charge in [-0.2, -0.15) is 0 Å². The second kappa shape index (κ2) is 7.41. The lowest BCUT2D eigenvalue weighted by molar-refractivity contribution is -0.00522. The maximum Gasteiger partial charge on any atom is 0.176 e. The molecule has 3 atom stereocenters. The smallest absolute Gasteiger partial charge is 0.176 e. The largest absolute Gasteiger partial charge is 0.497 e. The van der Waals surface area contributed by atoms with Crippen LogP contribution < -0.4 is 9.64 Å². The van der Waals surface area contributed by atoms with Crippen molar-refractivity contribution in [3.8, 4) is 18.1 Å². The van der Waals surface area contributed by atoms with Gasteiger partial charge in [0, 0.05) is 29.9 Å². The number of hydrogen-bond donors (Lipinski definition) is 1. The zero-order valence-corrected chi connectivity index (χ0v) is 15.5. The lowest BCUT2D eigenvalue weighted by Crippen LogP contribution is -2.45. The van der Waals surface area contributed by atoms with Gasteiger partial charge < -0.3 is 19.5 Å². The van der Waals surface area contributed by atoms with Gasteiger partial charge in [0.2, 0.25) is 0 Å². The average molecular weight is 351 g/mol. The van der Waals surface area contributed by atoms with E-state index >= 15 is 0 Å². The number of benzene rings is 2. The number of methoxy groups -OCH3 is 1. The molecule has 0 radical (unpaired) electrons. The SMILES string of the molecule is C#CC(O)(c1ccc(OC)cc1)c1ccc(N2C[C@@H](C)O[C@@H](C)C2)cc1. The Kier molecular flexibility index (Phi) is 5.22. The minimum absolute atomic E-state index is 0.195. The monoisotopic (exact) mass is 351 g/mol. The molecule has 0 bridgehead atoms. The Balaban J connectivity index is 1.86. The molecule has 0 saturated carbocycles. The zero-order chi connectivity index (χ0) is 18.7. The Bertz CT molecular complexity index is 769. The maximum absolute atomic E-state index is 11.1. The molecule has 0 spiro atoms. The number of aliphatic hydroxyl groups is 1. The highest BCUT2D eigenvalue weighted by Crippen LogP contribution is 2.32. The Morgan fingerprint density at radius 2 is 1.54 bits per heavy atom. The third-order valence-corrected chi connectivity index (χ3v) is 4.79. The third kappa shape index (κ3) is 3.55. The van der Waals surface area contributed by atoms with Gasteiger partial charge in [0.1, 0.15) is 5.75 Å². The van der Waals surface area contributed by atoms with Crippen LogP contribution in [0.25, 0.3) is 0 Å². The molecule has 4 heteroatoms. The minimum atomic E-state index is -1.48. The van der Waals surface area contributed by atoms with Gasteiger partial charge in [-0.25, -0.2) is 0 Å². The van der Waals surface area contributed by atoms with Crippen LogP contribution in [0.4, 0.5) is 5.69 Å². The van der Waals surface area contributed by atoms with Crippen LogP contribution in [0, 0.1) is 12.3 Å². The van der Waals surface area contributed by atoms with E-state index in [1.807, 2.05) is 24.3 Å². The first-order valence-corrected chi connectivity index (χ1v) is 8.82. The first kappa shape index (κ1) is 18.3. The summed E-state index contributed by atoms with van der Waals surface area (Å²) in [4.78, 5) is 2.30. The molecule has 0 amide bonds. The summed E-state index contributed by atoms with van der Waals surface area (Å²) in [6, 6.07) is 15.0. The molecule has 0 aliphatic carbocycles. The van der Waals surface area contributed by atoms with E-state index < -0.39 is 5.60 Å². The number of morpholine rings is 1. The molecule has 26 heavy (non-hydrogen) atoms. The minimum Gasteiger partial charge on any atom is -0.497 e. The van der Waals surface area contributed by atoms with Gasteiger partial charge in [-0.05, 0) is 38.1 Å². The van der Waals surface area contributed by atoms with Gasteiger partial charge in [-0.3, -0.25) is 0 Å². The van der Waals surface area contributed by atoms with Crippen molar-refractivity contribution in [3.63, 3.8) is 0 Å². The predicted molar refractivity (Wildman–Crippen MR) is 103 cm³/mol. The highest BCUT2D eigenvalue weighted by molar-refractivity contribution is 5.52. The van der Waals surface area contributed by atoms with Crippen LogP contribution >= 0.6 is 0 Å². The van der Waals surface area contributed by atoms with Crippen molar-refractivity contribution in [1.29, 1.82) is 0 Å². The summed E-state index contributed by atoms with van der Waals surface area (Å²) in [6.07, 6.45) is 6.09. The molecule has 2 aromatic carbocycles. The number of hydrogen-bond acceptors (Lipinski definition) is 4. The quantitative estimate of drug-likeness (QED) is 0.859. The molecular formula is C22H25NO3. The predicted octanol–water partition coefficient (Wildman–Crippen LogP) is 3.18. The zero-order valence-electron chi connectivity index (χ0n) is 15.5. The summed E-state index contributed by atoms with van der Waals surface area (Å²) < 4.78 is 11.0. The number of anilines is 1. The van der Waals surface area contributed by atoms with Crippen molar-refractivity contribution in [2.75, 3.05) is 25.1 Å². The number of rotatable bonds is 4. The van der Waals surface area contributed by atoms with Gasteiger partial charge >= 0.3 is 0 Å². The van der Waals surface area contributed by atoms with Crippen LogP contribution in [-0.2, 0) is 10.3 Å². The Hall–Kier alpha value is -2.48.